The molecule has 0 atom stereocenters. The van der Waals surface area contributed by atoms with Crippen LogP contribution in [0.15, 0.2) is 54.6 Å². The lowest BCUT2D eigenvalue weighted by atomic mass is 10.2. The molecule has 0 aromatic heterocycles. The van der Waals surface area contributed by atoms with Crippen LogP contribution in [0.2, 0.25) is 0 Å². The first kappa shape index (κ1) is 15.7. The van der Waals surface area contributed by atoms with Crippen LogP contribution in [0.4, 0.5) is 4.39 Å². The van der Waals surface area contributed by atoms with Gasteiger partial charge in [0.1, 0.15) is 11.6 Å². The summed E-state index contributed by atoms with van der Waals surface area (Å²) in [6.45, 7) is 0.152. The van der Waals surface area contributed by atoms with E-state index in [9.17, 15) is 14.0 Å². The predicted molar refractivity (Wildman–Crippen MR) is 80.1 cm³/mol. The number of halogens is 1. The number of carbonyl (C=O) groups is 2. The number of hydrogen-bond donors (Lipinski definition) is 0. The van der Waals surface area contributed by atoms with Crippen LogP contribution < -0.4 is 4.74 Å². The first-order valence-electron chi connectivity index (χ1n) is 6.83. The summed E-state index contributed by atoms with van der Waals surface area (Å²) in [4.78, 5) is 25.1. The molecule has 0 radical (unpaired) electrons. The average Bonchev–Trinajstić information content (AvgIpc) is 2.53. The Morgan fingerprint density at radius 1 is 1.05 bits per heavy atom. The highest BCUT2D eigenvalue weighted by Gasteiger charge is 2.16. The van der Waals surface area contributed by atoms with Crippen molar-refractivity contribution in [3.63, 3.8) is 0 Å². The highest BCUT2D eigenvalue weighted by Crippen LogP contribution is 2.11. The van der Waals surface area contributed by atoms with Gasteiger partial charge < -0.3 is 9.64 Å². The molecule has 2 aromatic rings. The number of benzene rings is 2. The molecule has 0 aliphatic carbocycles. The topological polar surface area (TPSA) is 46.6 Å². The van der Waals surface area contributed by atoms with Gasteiger partial charge in [0.15, 0.2) is 0 Å². The number of nitrogens with zero attached hydrogens (tertiary/aromatic N) is 1. The minimum Gasteiger partial charge on any atom is -0.426 e. The Labute approximate surface area is 128 Å². The maximum Gasteiger partial charge on any atom is 0.312 e. The van der Waals surface area contributed by atoms with Gasteiger partial charge in [-0.15, -0.1) is 0 Å². The smallest absolute Gasteiger partial charge is 0.312 e. The Hall–Kier alpha value is -2.69. The minimum absolute atomic E-state index is 0.0126. The third kappa shape index (κ3) is 4.15. The molecule has 0 aliphatic rings. The molecule has 2 rings (SSSR count). The van der Waals surface area contributed by atoms with Gasteiger partial charge in [-0.2, -0.15) is 0 Å². The molecule has 0 N–H and O–H groups in total. The van der Waals surface area contributed by atoms with Crippen LogP contribution in [0.5, 0.6) is 5.75 Å². The molecule has 0 bridgehead atoms. The fourth-order valence-electron chi connectivity index (χ4n) is 1.87. The van der Waals surface area contributed by atoms with E-state index in [0.717, 1.165) is 0 Å². The van der Waals surface area contributed by atoms with Crippen molar-refractivity contribution in [2.24, 2.45) is 0 Å². The number of para-hydroxylation sites is 1. The second-order valence-electron chi connectivity index (χ2n) is 4.74. The molecule has 0 aliphatic heterocycles. The third-order valence-corrected chi connectivity index (χ3v) is 3.08. The van der Waals surface area contributed by atoms with Crippen LogP contribution in [0.25, 0.3) is 0 Å². The molecule has 0 spiro atoms. The first-order chi connectivity index (χ1) is 10.6. The Balaban J connectivity index is 1.87. The van der Waals surface area contributed by atoms with Crippen LogP contribution in [-0.2, 0) is 4.79 Å². The van der Waals surface area contributed by atoms with Crippen molar-refractivity contribution >= 4 is 11.9 Å². The minimum atomic E-state index is -0.578. The molecule has 0 heterocycles. The Kier molecular flexibility index (Phi) is 5.25. The van der Waals surface area contributed by atoms with Crippen LogP contribution in [0, 0.1) is 5.82 Å². The van der Waals surface area contributed by atoms with Crippen molar-refractivity contribution in [2.75, 3.05) is 13.6 Å². The molecule has 1 amide bonds. The summed E-state index contributed by atoms with van der Waals surface area (Å²) < 4.78 is 18.7. The standard InChI is InChI=1S/C17H16FNO3/c1-19(17(21)14-9-5-6-10-15(14)18)12-11-16(20)22-13-7-3-2-4-8-13/h2-10H,11-12H2,1H3. The lowest BCUT2D eigenvalue weighted by Gasteiger charge is -2.17. The van der Waals surface area contributed by atoms with Gasteiger partial charge >= 0.3 is 5.97 Å². The SMILES string of the molecule is CN(CCC(=O)Oc1ccccc1)C(=O)c1ccccc1F. The molecule has 0 unspecified atom stereocenters. The van der Waals surface area contributed by atoms with Gasteiger partial charge in [-0.05, 0) is 24.3 Å². The quantitative estimate of drug-likeness (QED) is 0.630. The zero-order valence-electron chi connectivity index (χ0n) is 12.2. The van der Waals surface area contributed by atoms with Crippen molar-refractivity contribution in [1.29, 1.82) is 0 Å². The average molecular weight is 301 g/mol. The summed E-state index contributed by atoms with van der Waals surface area (Å²) in [5.41, 5.74) is -0.0126. The number of ether oxygens (including phenoxy) is 1. The van der Waals surface area contributed by atoms with Crippen LogP contribution >= 0.6 is 0 Å². The highest BCUT2D eigenvalue weighted by atomic mass is 19.1. The zero-order valence-corrected chi connectivity index (χ0v) is 12.2. The largest absolute Gasteiger partial charge is 0.426 e. The Morgan fingerprint density at radius 2 is 1.68 bits per heavy atom. The molecular formula is C17H16FNO3. The summed E-state index contributed by atoms with van der Waals surface area (Å²) in [7, 11) is 1.52. The van der Waals surface area contributed by atoms with Gasteiger partial charge in [-0.1, -0.05) is 30.3 Å². The van der Waals surface area contributed by atoms with E-state index in [1.807, 2.05) is 6.07 Å². The van der Waals surface area contributed by atoms with Crippen molar-refractivity contribution in [3.05, 3.63) is 66.0 Å². The van der Waals surface area contributed by atoms with Gasteiger partial charge in [-0.25, -0.2) is 4.39 Å². The molecule has 4 nitrogen and oxygen atoms in total. The van der Waals surface area contributed by atoms with E-state index in [4.69, 9.17) is 4.74 Å². The second-order valence-corrected chi connectivity index (χ2v) is 4.74. The Morgan fingerprint density at radius 3 is 2.36 bits per heavy atom. The van der Waals surface area contributed by atoms with Crippen LogP contribution in [0.3, 0.4) is 0 Å². The normalized spacial score (nSPS) is 10.1. The van der Waals surface area contributed by atoms with Crippen molar-refractivity contribution < 1.29 is 18.7 Å². The van der Waals surface area contributed by atoms with Crippen molar-refractivity contribution in [1.82, 2.24) is 4.90 Å². The molecular weight excluding hydrogens is 285 g/mol. The Bertz CT molecular complexity index is 658. The monoisotopic (exact) mass is 301 g/mol. The van der Waals surface area contributed by atoms with E-state index in [2.05, 4.69) is 0 Å². The van der Waals surface area contributed by atoms with Gasteiger partial charge in [0.2, 0.25) is 0 Å². The van der Waals surface area contributed by atoms with Crippen molar-refractivity contribution in [2.45, 2.75) is 6.42 Å². The number of esters is 1. The lowest BCUT2D eigenvalue weighted by molar-refractivity contribution is -0.134. The van der Waals surface area contributed by atoms with E-state index < -0.39 is 17.7 Å². The molecule has 0 saturated heterocycles. The number of rotatable bonds is 5. The van der Waals surface area contributed by atoms with E-state index in [-0.39, 0.29) is 18.5 Å². The van der Waals surface area contributed by atoms with Crippen molar-refractivity contribution in [3.8, 4) is 5.75 Å². The predicted octanol–water partition coefficient (Wildman–Crippen LogP) is 2.89. The van der Waals surface area contributed by atoms with Gasteiger partial charge in [0.25, 0.3) is 5.91 Å². The number of carbonyl (C=O) groups excluding carboxylic acids is 2. The van der Waals surface area contributed by atoms with Gasteiger partial charge in [0.05, 0.1) is 12.0 Å². The molecule has 22 heavy (non-hydrogen) atoms. The zero-order chi connectivity index (χ0) is 15.9. The molecule has 114 valence electrons. The summed E-state index contributed by atoms with van der Waals surface area (Å²) in [5, 5.41) is 0. The van der Waals surface area contributed by atoms with E-state index in [1.165, 1.54) is 30.1 Å². The van der Waals surface area contributed by atoms with Crippen LogP contribution in [-0.4, -0.2) is 30.4 Å². The molecule has 5 heteroatoms. The first-order valence-corrected chi connectivity index (χ1v) is 6.83. The van der Waals surface area contributed by atoms with Gasteiger partial charge in [0, 0.05) is 13.6 Å². The fraction of sp³-hybridized carbons (Fsp3) is 0.176. The van der Waals surface area contributed by atoms with Gasteiger partial charge in [-0.3, -0.25) is 9.59 Å². The third-order valence-electron chi connectivity index (χ3n) is 3.08. The molecule has 0 saturated carbocycles. The maximum atomic E-state index is 13.5. The molecule has 0 fully saturated rings. The van der Waals surface area contributed by atoms with E-state index in [1.54, 1.807) is 30.3 Å². The number of amides is 1. The number of hydrogen-bond acceptors (Lipinski definition) is 3. The molecule has 2 aromatic carbocycles. The fourth-order valence-corrected chi connectivity index (χ4v) is 1.87. The van der Waals surface area contributed by atoms with E-state index in [0.29, 0.717) is 5.75 Å². The lowest BCUT2D eigenvalue weighted by Crippen LogP contribution is -2.30. The summed E-state index contributed by atoms with van der Waals surface area (Å²) >= 11 is 0. The van der Waals surface area contributed by atoms with E-state index >= 15 is 0 Å². The maximum absolute atomic E-state index is 13.5. The highest BCUT2D eigenvalue weighted by molar-refractivity contribution is 5.94. The summed E-state index contributed by atoms with van der Waals surface area (Å²) in [6, 6.07) is 14.4. The van der Waals surface area contributed by atoms with Crippen LogP contribution in [0.1, 0.15) is 16.8 Å². The summed E-state index contributed by atoms with van der Waals surface area (Å²) in [6.07, 6.45) is 0.0333. The second kappa shape index (κ2) is 7.36. The summed E-state index contributed by atoms with van der Waals surface area (Å²) in [5.74, 6) is -1.04.